The third-order valence-electron chi connectivity index (χ3n) is 5.93. The fraction of sp³-hybridized carbons (Fsp3) is 0.941. The number of nitrogens with zero attached hydrogens (tertiary/aromatic N) is 1. The second kappa shape index (κ2) is 5.32. The monoisotopic (exact) mass is 278 g/mol. The van der Waals surface area contributed by atoms with Gasteiger partial charge in [-0.15, -0.1) is 0 Å². The summed E-state index contributed by atoms with van der Waals surface area (Å²) < 4.78 is 0. The molecule has 0 aromatic rings. The lowest BCUT2D eigenvalue weighted by Crippen LogP contribution is -2.45. The van der Waals surface area contributed by atoms with Crippen LogP contribution in [-0.4, -0.2) is 28.6 Å². The second-order valence-electron chi connectivity index (χ2n) is 7.38. The number of hydrogen-bond donors (Lipinski definition) is 1. The van der Waals surface area contributed by atoms with Crippen LogP contribution >= 0.6 is 0 Å². The first kappa shape index (κ1) is 14.4. The van der Waals surface area contributed by atoms with E-state index < -0.39 is 0 Å². The molecule has 0 aromatic heterocycles. The number of carbonyl (C=O) groups excluding carboxylic acids is 1. The van der Waals surface area contributed by atoms with E-state index in [-0.39, 0.29) is 5.54 Å². The quantitative estimate of drug-likeness (QED) is 0.837. The Morgan fingerprint density at radius 2 is 2.00 bits per heavy atom. The van der Waals surface area contributed by atoms with E-state index in [0.29, 0.717) is 24.0 Å². The maximum Gasteiger partial charge on any atom is 0.244 e. The molecule has 1 heterocycles. The molecule has 2 aliphatic carbocycles. The van der Waals surface area contributed by atoms with Crippen LogP contribution in [0.15, 0.2) is 0 Å². The summed E-state index contributed by atoms with van der Waals surface area (Å²) in [6.45, 7) is 6.50. The first-order valence-electron chi connectivity index (χ1n) is 8.71. The Bertz CT molecular complexity index is 377. The molecule has 0 aromatic carbocycles. The van der Waals surface area contributed by atoms with Crippen LogP contribution in [0.3, 0.4) is 0 Å². The topological polar surface area (TPSA) is 32.3 Å². The van der Waals surface area contributed by atoms with Crippen molar-refractivity contribution in [1.29, 1.82) is 0 Å². The second-order valence-corrected chi connectivity index (χ2v) is 7.38. The molecule has 0 radical (unpaired) electrons. The van der Waals surface area contributed by atoms with Gasteiger partial charge in [-0.25, -0.2) is 0 Å². The number of carbonyl (C=O) groups is 1. The fourth-order valence-electron chi connectivity index (χ4n) is 4.35. The van der Waals surface area contributed by atoms with Crippen molar-refractivity contribution in [2.45, 2.75) is 89.9 Å². The minimum atomic E-state index is -0.313. The molecule has 114 valence electrons. The predicted molar refractivity (Wildman–Crippen MR) is 81.2 cm³/mol. The molecule has 3 heteroatoms. The molecule has 4 atom stereocenters. The molecule has 3 fully saturated rings. The Hall–Kier alpha value is -0.570. The van der Waals surface area contributed by atoms with Gasteiger partial charge in [-0.1, -0.05) is 33.1 Å². The van der Waals surface area contributed by atoms with E-state index in [2.05, 4.69) is 31.0 Å². The number of nitrogens with one attached hydrogen (secondary N) is 1. The summed E-state index contributed by atoms with van der Waals surface area (Å²) >= 11 is 0. The first-order chi connectivity index (χ1) is 9.60. The summed E-state index contributed by atoms with van der Waals surface area (Å²) in [5.41, 5.74) is -0.313. The normalized spacial score (nSPS) is 41.6. The van der Waals surface area contributed by atoms with E-state index in [9.17, 15) is 4.79 Å². The van der Waals surface area contributed by atoms with E-state index in [0.717, 1.165) is 12.3 Å². The van der Waals surface area contributed by atoms with E-state index >= 15 is 0 Å². The number of hydrogen-bond acceptors (Lipinski definition) is 2. The minimum absolute atomic E-state index is 0.313. The van der Waals surface area contributed by atoms with Crippen molar-refractivity contribution in [2.75, 3.05) is 0 Å². The lowest BCUT2D eigenvalue weighted by molar-refractivity contribution is -0.134. The Morgan fingerprint density at radius 1 is 1.30 bits per heavy atom. The lowest BCUT2D eigenvalue weighted by Gasteiger charge is -2.29. The molecule has 3 nitrogen and oxygen atoms in total. The van der Waals surface area contributed by atoms with Crippen molar-refractivity contribution >= 4 is 5.91 Å². The van der Waals surface area contributed by atoms with Crippen LogP contribution in [-0.2, 0) is 4.79 Å². The van der Waals surface area contributed by atoms with Crippen molar-refractivity contribution < 1.29 is 4.79 Å². The van der Waals surface area contributed by atoms with Gasteiger partial charge in [0.05, 0.1) is 11.7 Å². The molecule has 0 bridgehead atoms. The van der Waals surface area contributed by atoms with Gasteiger partial charge in [0, 0.05) is 6.04 Å². The van der Waals surface area contributed by atoms with Crippen LogP contribution in [0.4, 0.5) is 0 Å². The van der Waals surface area contributed by atoms with Gasteiger partial charge < -0.3 is 4.90 Å². The molecule has 3 rings (SSSR count). The van der Waals surface area contributed by atoms with Gasteiger partial charge in [0.25, 0.3) is 0 Å². The van der Waals surface area contributed by atoms with E-state index in [1.54, 1.807) is 0 Å². The third kappa shape index (κ3) is 2.28. The van der Waals surface area contributed by atoms with Crippen molar-refractivity contribution in [3.63, 3.8) is 0 Å². The molecule has 1 aliphatic heterocycles. The summed E-state index contributed by atoms with van der Waals surface area (Å²) in [6.07, 6.45) is 10.3. The van der Waals surface area contributed by atoms with Crippen LogP contribution in [0.1, 0.15) is 72.1 Å². The van der Waals surface area contributed by atoms with Crippen molar-refractivity contribution in [3.05, 3.63) is 0 Å². The molecular weight excluding hydrogens is 248 g/mol. The summed E-state index contributed by atoms with van der Waals surface area (Å²) in [5.74, 6) is 1.84. The largest absolute Gasteiger partial charge is 0.322 e. The molecule has 1 saturated heterocycles. The van der Waals surface area contributed by atoms with Gasteiger partial charge in [0.2, 0.25) is 5.91 Å². The molecule has 20 heavy (non-hydrogen) atoms. The third-order valence-corrected chi connectivity index (χ3v) is 5.93. The minimum Gasteiger partial charge on any atom is -0.322 e. The van der Waals surface area contributed by atoms with Gasteiger partial charge in [-0.2, -0.15) is 0 Å². The number of rotatable bonds is 5. The average Bonchev–Trinajstić information content (AvgIpc) is 2.90. The first-order valence-corrected chi connectivity index (χ1v) is 8.71. The van der Waals surface area contributed by atoms with Crippen LogP contribution < -0.4 is 5.32 Å². The summed E-state index contributed by atoms with van der Waals surface area (Å²) in [5, 5.41) is 3.72. The Morgan fingerprint density at radius 3 is 2.60 bits per heavy atom. The molecule has 1 N–H and O–H groups in total. The zero-order valence-electron chi connectivity index (χ0n) is 13.3. The average molecular weight is 278 g/mol. The van der Waals surface area contributed by atoms with Crippen molar-refractivity contribution in [1.82, 2.24) is 10.2 Å². The fourth-order valence-corrected chi connectivity index (χ4v) is 4.35. The molecule has 3 aliphatic rings. The maximum atomic E-state index is 12.9. The van der Waals surface area contributed by atoms with Crippen LogP contribution in [0.2, 0.25) is 0 Å². The van der Waals surface area contributed by atoms with Crippen molar-refractivity contribution in [2.24, 2.45) is 11.8 Å². The van der Waals surface area contributed by atoms with Crippen LogP contribution in [0, 0.1) is 11.8 Å². The molecule has 0 spiro atoms. The molecular formula is C17H30N2O. The van der Waals surface area contributed by atoms with Crippen molar-refractivity contribution in [3.8, 4) is 0 Å². The van der Waals surface area contributed by atoms with Gasteiger partial charge in [-0.05, 0) is 50.9 Å². The Labute approximate surface area is 123 Å². The predicted octanol–water partition coefficient (Wildman–Crippen LogP) is 3.29. The van der Waals surface area contributed by atoms with Crippen LogP contribution in [0.25, 0.3) is 0 Å². The molecule has 4 unspecified atom stereocenters. The summed E-state index contributed by atoms with van der Waals surface area (Å²) in [7, 11) is 0. The van der Waals surface area contributed by atoms with Gasteiger partial charge in [-0.3, -0.25) is 10.1 Å². The van der Waals surface area contributed by atoms with E-state index in [1.807, 2.05) is 0 Å². The highest BCUT2D eigenvalue weighted by atomic mass is 16.2. The smallest absolute Gasteiger partial charge is 0.244 e. The SMILES string of the molecule is CCCC1CC1N1C(=O)C(C)(CC)NC1C1CCCC1. The molecule has 1 amide bonds. The zero-order valence-corrected chi connectivity index (χ0v) is 13.3. The van der Waals surface area contributed by atoms with Crippen LogP contribution in [0.5, 0.6) is 0 Å². The van der Waals surface area contributed by atoms with Gasteiger partial charge in [0.1, 0.15) is 0 Å². The Balaban J connectivity index is 1.78. The summed E-state index contributed by atoms with van der Waals surface area (Å²) in [4.78, 5) is 15.2. The molecule has 2 saturated carbocycles. The number of amides is 1. The van der Waals surface area contributed by atoms with Gasteiger partial charge in [0.15, 0.2) is 0 Å². The Kier molecular flexibility index (Phi) is 3.83. The maximum absolute atomic E-state index is 12.9. The highest BCUT2D eigenvalue weighted by Gasteiger charge is 2.56. The van der Waals surface area contributed by atoms with E-state index in [4.69, 9.17) is 0 Å². The van der Waals surface area contributed by atoms with Gasteiger partial charge >= 0.3 is 0 Å². The summed E-state index contributed by atoms with van der Waals surface area (Å²) in [6, 6.07) is 0.536. The lowest BCUT2D eigenvalue weighted by atomic mass is 9.99. The highest BCUT2D eigenvalue weighted by molar-refractivity contribution is 5.89. The standard InChI is InChI=1S/C17H30N2O/c1-4-8-13-11-14(13)19-15(12-9-6-7-10-12)18-17(3,5-2)16(19)20/h12-15,18H,4-11H2,1-3H3. The zero-order chi connectivity index (χ0) is 14.3. The highest BCUT2D eigenvalue weighted by Crippen LogP contribution is 2.46. The van der Waals surface area contributed by atoms with E-state index in [1.165, 1.54) is 44.9 Å².